The van der Waals surface area contributed by atoms with Crippen molar-refractivity contribution < 1.29 is 161 Å². The van der Waals surface area contributed by atoms with E-state index in [-0.39, 0.29) is 86.1 Å². The molecule has 0 saturated carbocycles. The van der Waals surface area contributed by atoms with Gasteiger partial charge in [0.2, 0.25) is 53.4 Å². The number of unbranched alkanes of at least 4 members (excludes halogenated alkanes) is 7. The summed E-state index contributed by atoms with van der Waals surface area (Å²) >= 11 is 14.5. The zero-order chi connectivity index (χ0) is 104. The Kier molecular flexibility index (Phi) is 39.2. The Hall–Kier alpha value is -10.6. The number of fused-ring (bicyclic) bond motifs is 15. The number of ketones is 1. The van der Waals surface area contributed by atoms with Crippen LogP contribution < -0.4 is 72.5 Å². The van der Waals surface area contributed by atoms with Gasteiger partial charge in [0.25, 0.3) is 0 Å². The first kappa shape index (κ1) is 112. The maximum atomic E-state index is 16.5. The van der Waals surface area contributed by atoms with Crippen LogP contribution in [-0.4, -0.2) is 272 Å². The number of likely N-dealkylation sites (N-methyl/N-ethyl adjacent to an activating group) is 1. The average molecular weight is 2070 g/mol. The minimum absolute atomic E-state index is 0.0445. The molecule has 0 spiro atoms. The molecule has 776 valence electrons. The lowest BCUT2D eigenvalue weighted by molar-refractivity contribution is -0.338. The number of aldehydes is 1. The molecule has 6 aromatic carbocycles. The number of primary amides is 1. The normalized spacial score (nSPS) is 24.6. The fourth-order valence-corrected chi connectivity index (χ4v) is 20.8. The highest BCUT2D eigenvalue weighted by Gasteiger charge is 2.54. The average Bonchev–Trinajstić information content (AvgIpc) is 0.750. The number of aromatic hydroxyl groups is 3. The number of benzene rings is 6. The maximum Gasteiger partial charge on any atom is 0.340 e. The summed E-state index contributed by atoms with van der Waals surface area (Å²) in [7, 11) is -8.94. The van der Waals surface area contributed by atoms with Crippen molar-refractivity contribution in [2.45, 2.75) is 246 Å². The Labute approximate surface area is 826 Å². The number of ether oxygens (including phenoxy) is 7. The largest absolute Gasteiger partial charge is 0.507 e. The third kappa shape index (κ3) is 27.7. The van der Waals surface area contributed by atoms with E-state index in [0.717, 1.165) is 118 Å². The number of nitrogens with zero attached hydrogens (tertiary/aromatic N) is 1. The number of phenolic OH excluding ortho intramolecular Hbond substituents is 3. The molecular formula is C94H123Cl2N11O33P2. The Morgan fingerprint density at radius 2 is 1.30 bits per heavy atom. The molecular weight excluding hydrogens is 1940 g/mol. The Bertz CT molecular complexity index is 5610. The van der Waals surface area contributed by atoms with Crippen LogP contribution >= 0.6 is 38.4 Å². The highest BCUT2D eigenvalue weighted by Crippen LogP contribution is 2.62. The van der Waals surface area contributed by atoms with Crippen LogP contribution in [0.4, 0.5) is 0 Å². The summed E-state index contributed by atoms with van der Waals surface area (Å²) in [5.74, 6) is -17.3. The summed E-state index contributed by atoms with van der Waals surface area (Å²) in [6, 6.07) is 3.38. The van der Waals surface area contributed by atoms with Gasteiger partial charge in [-0.15, -0.1) is 0 Å². The topological polar surface area (TPSA) is 690 Å². The van der Waals surface area contributed by atoms with E-state index in [1.165, 1.54) is 44.3 Å². The molecule has 14 unspecified atom stereocenters. The van der Waals surface area contributed by atoms with E-state index in [9.17, 15) is 104 Å². The first-order valence-corrected chi connectivity index (χ1v) is 50.6. The quantitative estimate of drug-likeness (QED) is 0.0108. The molecule has 0 radical (unpaired) electrons. The molecule has 48 heteroatoms. The fourth-order valence-electron chi connectivity index (χ4n) is 17.7. The molecule has 7 amide bonds. The van der Waals surface area contributed by atoms with Crippen LogP contribution in [0.25, 0.3) is 11.1 Å². The number of nitrogens with one attached hydrogen (secondary N) is 9. The molecule has 44 nitrogen and oxygen atoms in total. The monoisotopic (exact) mass is 2070 g/mol. The molecule has 11 bridgehead atoms. The first-order valence-electron chi connectivity index (χ1n) is 46.4. The Morgan fingerprint density at radius 1 is 0.683 bits per heavy atom. The van der Waals surface area contributed by atoms with Crippen molar-refractivity contribution in [2.24, 2.45) is 11.7 Å². The lowest BCUT2D eigenvalue weighted by atomic mass is 9.82. The summed E-state index contributed by atoms with van der Waals surface area (Å²) in [5, 5.41) is 141. The van der Waals surface area contributed by atoms with Gasteiger partial charge in [-0.3, -0.25) is 52.4 Å². The molecule has 7 aliphatic rings. The number of amides is 7. The number of carboxylic acid groups (broad SMARTS) is 1. The smallest absolute Gasteiger partial charge is 0.340 e. The first-order chi connectivity index (χ1) is 67.3. The van der Waals surface area contributed by atoms with Crippen LogP contribution in [0.15, 0.2) is 97.1 Å². The van der Waals surface area contributed by atoms with Crippen molar-refractivity contribution in [2.75, 3.05) is 53.0 Å². The summed E-state index contributed by atoms with van der Waals surface area (Å²) in [6.07, 6.45) is -12.3. The SMILES string of the molecule is CCCCCCCCCCNCCN(CCC(=O)c1ccc(OCCCC(P(=O)(O)O)P(=O)(O)O)cc1)[C@]1(C)CC(OC2C(Oc3c4cc5cc3Oc3ccc(cc3Cl)[C@H](O)C(NC(=O)C(CC(C)C)NC)C(=O)NC(CC(N)=O)C(=O)NC5C(=O)NC3C(=O)NC(C(=O)N[C@@H](C(=O)O)c5cc(O)c(CNCC=O)c(O)c5-c5cc3ccc5O)[C@H](O)c3ccc(c(Cl)c3)O4)OC(CO)C(O)C2O)OC(C)C1O. The second-order valence-corrected chi connectivity index (χ2v) is 41.0. The van der Waals surface area contributed by atoms with Crippen molar-refractivity contribution in [1.82, 2.24) is 52.8 Å². The van der Waals surface area contributed by atoms with Crippen molar-refractivity contribution in [3.63, 3.8) is 0 Å². The number of aliphatic hydroxyl groups excluding tert-OH is 6. The van der Waals surface area contributed by atoms with Crippen molar-refractivity contribution in [3.05, 3.63) is 146 Å². The van der Waals surface area contributed by atoms with Crippen LogP contribution in [0.2, 0.25) is 10.0 Å². The van der Waals surface area contributed by atoms with E-state index >= 15 is 24.0 Å². The predicted octanol–water partition coefficient (Wildman–Crippen LogP) is 4.58. The van der Waals surface area contributed by atoms with Crippen LogP contribution in [0, 0.1) is 5.92 Å². The lowest BCUT2D eigenvalue weighted by Gasteiger charge is -2.52. The van der Waals surface area contributed by atoms with Crippen LogP contribution in [0.5, 0.6) is 51.7 Å². The number of phenols is 3. The van der Waals surface area contributed by atoms with E-state index in [1.807, 2.05) is 4.90 Å². The van der Waals surface area contributed by atoms with Crippen LogP contribution in [-0.2, 0) is 73.0 Å². The van der Waals surface area contributed by atoms with Gasteiger partial charge in [-0.25, -0.2) is 4.79 Å². The molecule has 142 heavy (non-hydrogen) atoms. The summed E-state index contributed by atoms with van der Waals surface area (Å²) in [6.45, 7) is 7.84. The number of nitrogens with two attached hydrogens (primary N) is 1. The van der Waals surface area contributed by atoms with E-state index in [1.54, 1.807) is 20.8 Å². The summed E-state index contributed by atoms with van der Waals surface area (Å²) in [5.41, 5.74) is 0.791. The second-order valence-electron chi connectivity index (χ2n) is 36.2. The van der Waals surface area contributed by atoms with Gasteiger partial charge < -0.3 is 162 Å². The van der Waals surface area contributed by atoms with Crippen molar-refractivity contribution >= 4 is 97.8 Å². The third-order valence-electron chi connectivity index (χ3n) is 25.4. The van der Waals surface area contributed by atoms with Gasteiger partial charge in [0, 0.05) is 61.3 Å². The van der Waals surface area contributed by atoms with Gasteiger partial charge in [0.05, 0.1) is 65.6 Å². The van der Waals surface area contributed by atoms with Gasteiger partial charge in [-0.05, 0) is 160 Å². The minimum Gasteiger partial charge on any atom is -0.507 e. The molecule has 13 rings (SSSR count). The number of carboxylic acids is 1. The Balaban J connectivity index is 1.06. The van der Waals surface area contributed by atoms with E-state index < -0.39 is 293 Å². The molecule has 2 fully saturated rings. The zero-order valence-electron chi connectivity index (χ0n) is 78.5. The van der Waals surface area contributed by atoms with E-state index in [4.69, 9.17) is 62.1 Å². The maximum absolute atomic E-state index is 16.5. The summed E-state index contributed by atoms with van der Waals surface area (Å²) in [4.78, 5) is 186. The van der Waals surface area contributed by atoms with Crippen molar-refractivity contribution in [3.8, 4) is 62.9 Å². The van der Waals surface area contributed by atoms with Gasteiger partial charge in [-0.2, -0.15) is 0 Å². The predicted molar refractivity (Wildman–Crippen MR) is 508 cm³/mol. The molecule has 2 saturated heterocycles. The van der Waals surface area contributed by atoms with Gasteiger partial charge in [0.15, 0.2) is 41.1 Å². The van der Waals surface area contributed by atoms with Gasteiger partial charge in [-0.1, -0.05) is 107 Å². The van der Waals surface area contributed by atoms with E-state index in [0.29, 0.717) is 19.4 Å². The fraction of sp³-hybridized carbons (Fsp3) is 0.511. The molecule has 25 N–H and O–H groups in total. The minimum atomic E-state index is -5.20. The van der Waals surface area contributed by atoms with Crippen LogP contribution in [0.1, 0.15) is 199 Å². The molecule has 7 heterocycles. The standard InChI is InChI=1S/C94H123Cl2N11O33P2/c1-7-8-9-10-11-12-13-14-28-99-29-32-107(31-27-61(110)48-17-22-53(23-18-48)134-34-15-16-71(141(128,129)130)142(131,132)133)94(5)43-70(135-47(4)85(94)119)139-84-82(118)81(117)68(45-109)138-93(84)140-83-66-39-52-40-67(83)137-65-26-21-51(38-58(65)96)79(115)77-91(125)104-75(92(126)127)55-41-63(112)56(44-100-30-33-108)80(116)72(55)54-36-49(19-24-62(54)111)73(88(122)106-77)103-89(123)74(52)102-87(121)60(42-69(97)113)101-90(124)76(105-86(120)59(98-6)35-46(2)3)78(114)50-20-25-64(136-66)57(95)37-50/h17-26,33,36-41,46-47,59-60,68,70-71,73-79,81-82,84-85,93,98-100,109,111-112,114-119H,7-16,27-32,34-35,42-45H2,1-6H3,(H2,97,113)(H,101,124)(H,102,121)(H,103,123)(H,104,125)(H,105,120)(H,106,122)(H,126,127)(H2,128,129,130)(H2,131,132,133)/t47?,59?,60?,68?,70?,73?,74?,75-,76?,77?,78+,79-,81?,82?,84?,85?,93?,94-/m1/s1. The molecule has 0 aliphatic carbocycles. The van der Waals surface area contributed by atoms with Gasteiger partial charge in [0.1, 0.15) is 102 Å². The lowest BCUT2D eigenvalue weighted by Crippen LogP contribution is -2.66. The molecule has 6 aromatic rings. The number of halogens is 2. The van der Waals surface area contributed by atoms with Crippen LogP contribution in [0.3, 0.4) is 0 Å². The number of aliphatic hydroxyl groups is 6. The second kappa shape index (κ2) is 49.8. The van der Waals surface area contributed by atoms with Crippen molar-refractivity contribution in [1.29, 1.82) is 0 Å². The highest BCUT2D eigenvalue weighted by atomic mass is 35.5. The number of rotatable bonds is 41. The third-order valence-corrected chi connectivity index (χ3v) is 29.9. The number of carbonyl (C=O) groups is 10. The number of hydrogen-bond donors (Lipinski definition) is 24. The highest BCUT2D eigenvalue weighted by molar-refractivity contribution is 7.70. The molecule has 18 atom stereocenters. The summed E-state index contributed by atoms with van der Waals surface area (Å²) < 4.78 is 69.7. The Morgan fingerprint density at radius 3 is 1.89 bits per heavy atom. The number of aliphatic carboxylic acids is 1. The molecule has 7 aliphatic heterocycles. The number of carbonyl (C=O) groups excluding carboxylic acids is 9. The van der Waals surface area contributed by atoms with Gasteiger partial charge >= 0.3 is 21.2 Å². The molecule has 0 aromatic heterocycles. The zero-order valence-corrected chi connectivity index (χ0v) is 81.8. The van der Waals surface area contributed by atoms with E-state index in [2.05, 4.69) is 54.8 Å². The number of hydrogen-bond acceptors (Lipinski definition) is 32. The number of Topliss-reactive ketones (excluding diaryl/α,β-unsaturated/α-hetero) is 1.